The van der Waals surface area contributed by atoms with Gasteiger partial charge in [0.1, 0.15) is 5.82 Å². The van der Waals surface area contributed by atoms with E-state index in [0.717, 1.165) is 22.8 Å². The maximum Gasteiger partial charge on any atom is 0.138 e. The molecule has 0 aliphatic carbocycles. The van der Waals surface area contributed by atoms with Gasteiger partial charge in [-0.1, -0.05) is 109 Å². The minimum absolute atomic E-state index is 0.900. The number of hydrogen-bond acceptors (Lipinski definition) is 2. The van der Waals surface area contributed by atoms with Crippen LogP contribution >= 0.6 is 0 Å². The van der Waals surface area contributed by atoms with Crippen molar-refractivity contribution in [1.82, 2.24) is 4.98 Å². The lowest BCUT2D eigenvalue weighted by Crippen LogP contribution is -2.12. The number of rotatable bonds is 3. The van der Waals surface area contributed by atoms with E-state index in [1.54, 1.807) is 0 Å². The molecule has 5 aromatic carbocycles. The molecular weight excluding hydrogens is 448 g/mol. The summed E-state index contributed by atoms with van der Waals surface area (Å²) in [5.74, 6) is 0.900. The van der Waals surface area contributed by atoms with Crippen molar-refractivity contribution in [1.29, 1.82) is 0 Å². The van der Waals surface area contributed by atoms with Crippen LogP contribution in [0.2, 0.25) is 0 Å². The first-order valence-electron chi connectivity index (χ1n) is 12.6. The van der Waals surface area contributed by atoms with E-state index in [1.807, 2.05) is 12.3 Å². The number of anilines is 3. The summed E-state index contributed by atoms with van der Waals surface area (Å²) in [6.45, 7) is 0. The molecule has 7 rings (SSSR count). The van der Waals surface area contributed by atoms with E-state index in [0.29, 0.717) is 0 Å². The monoisotopic (exact) mass is 472 g/mol. The highest BCUT2D eigenvalue weighted by atomic mass is 15.2. The lowest BCUT2D eigenvalue weighted by Gasteiger charge is -2.26. The molecule has 0 N–H and O–H groups in total. The second-order valence-electron chi connectivity index (χ2n) is 9.26. The van der Waals surface area contributed by atoms with Gasteiger partial charge in [-0.2, -0.15) is 0 Å². The maximum absolute atomic E-state index is 4.88. The molecule has 37 heavy (non-hydrogen) atoms. The number of benzene rings is 5. The fourth-order valence-corrected chi connectivity index (χ4v) is 5.33. The van der Waals surface area contributed by atoms with Crippen molar-refractivity contribution < 1.29 is 0 Å². The Kier molecular flexibility index (Phi) is 5.15. The molecule has 2 heteroatoms. The third kappa shape index (κ3) is 3.71. The highest BCUT2D eigenvalue weighted by Gasteiger charge is 2.26. The van der Waals surface area contributed by atoms with Gasteiger partial charge in [-0.05, 0) is 63.7 Å². The van der Waals surface area contributed by atoms with Crippen LogP contribution < -0.4 is 4.90 Å². The molecule has 0 unspecified atom stereocenters. The van der Waals surface area contributed by atoms with E-state index in [-0.39, 0.29) is 0 Å². The van der Waals surface area contributed by atoms with Gasteiger partial charge in [0.25, 0.3) is 0 Å². The number of aromatic nitrogens is 1. The Labute approximate surface area is 217 Å². The van der Waals surface area contributed by atoms with E-state index >= 15 is 0 Å². The average Bonchev–Trinajstić information content (AvgIpc) is 3.10. The summed E-state index contributed by atoms with van der Waals surface area (Å²) in [7, 11) is 0. The third-order valence-corrected chi connectivity index (χ3v) is 7.08. The molecule has 2 heterocycles. The normalized spacial score (nSPS) is 11.7. The Morgan fingerprint density at radius 3 is 1.57 bits per heavy atom. The number of pyridine rings is 1. The molecule has 174 valence electrons. The fraction of sp³-hybridized carbons (Fsp3) is 0. The first-order valence-corrected chi connectivity index (χ1v) is 12.6. The first-order chi connectivity index (χ1) is 18.4. The summed E-state index contributed by atoms with van der Waals surface area (Å²) in [5, 5.41) is 0. The molecule has 0 saturated carbocycles. The van der Waals surface area contributed by atoms with Crippen LogP contribution in [0.25, 0.3) is 44.5 Å². The minimum atomic E-state index is 0.900. The molecule has 0 atom stereocenters. The van der Waals surface area contributed by atoms with Gasteiger partial charge < -0.3 is 0 Å². The smallest absolute Gasteiger partial charge is 0.138 e. The van der Waals surface area contributed by atoms with Crippen molar-refractivity contribution in [3.05, 3.63) is 146 Å². The molecule has 0 spiro atoms. The molecule has 1 aliphatic rings. The van der Waals surface area contributed by atoms with Crippen molar-refractivity contribution in [2.45, 2.75) is 0 Å². The van der Waals surface area contributed by atoms with E-state index in [2.05, 4.69) is 138 Å². The Bertz CT molecular complexity index is 1720. The topological polar surface area (TPSA) is 16.1 Å². The van der Waals surface area contributed by atoms with Crippen LogP contribution in [0.3, 0.4) is 0 Å². The fourth-order valence-electron chi connectivity index (χ4n) is 5.33. The Morgan fingerprint density at radius 2 is 0.919 bits per heavy atom. The van der Waals surface area contributed by atoms with E-state index in [9.17, 15) is 0 Å². The maximum atomic E-state index is 4.88. The van der Waals surface area contributed by atoms with Crippen molar-refractivity contribution in [2.75, 3.05) is 4.90 Å². The summed E-state index contributed by atoms with van der Waals surface area (Å²) in [6, 6.07) is 49.5. The van der Waals surface area contributed by atoms with Crippen LogP contribution in [0, 0.1) is 0 Å². The highest BCUT2D eigenvalue weighted by Crippen LogP contribution is 2.51. The standard InChI is InChI=1S/C35H24N2/c1-3-11-25(12-4-1)27-19-20-29-30-15-7-9-17-33(30)37(34-18-10-8-16-31(34)32(29)23-27)35-24-28(21-22-36-35)26-13-5-2-6-14-26/h1-24H. The zero-order valence-electron chi connectivity index (χ0n) is 20.3. The van der Waals surface area contributed by atoms with Crippen LogP contribution in [0.5, 0.6) is 0 Å². The largest absolute Gasteiger partial charge is 0.294 e. The Hall–Kier alpha value is -4.95. The van der Waals surface area contributed by atoms with Crippen LogP contribution in [0.1, 0.15) is 0 Å². The van der Waals surface area contributed by atoms with E-state index in [4.69, 9.17) is 4.98 Å². The van der Waals surface area contributed by atoms with Gasteiger partial charge >= 0.3 is 0 Å². The lowest BCUT2D eigenvalue weighted by atomic mass is 9.91. The van der Waals surface area contributed by atoms with Gasteiger partial charge in [0.15, 0.2) is 0 Å². The van der Waals surface area contributed by atoms with E-state index < -0.39 is 0 Å². The summed E-state index contributed by atoms with van der Waals surface area (Å²) >= 11 is 0. The molecule has 0 saturated heterocycles. The van der Waals surface area contributed by atoms with Crippen molar-refractivity contribution in [3.63, 3.8) is 0 Å². The predicted octanol–water partition coefficient (Wildman–Crippen LogP) is 9.53. The second kappa shape index (κ2) is 8.92. The molecule has 6 aromatic rings. The van der Waals surface area contributed by atoms with Crippen LogP contribution in [0.4, 0.5) is 17.2 Å². The number of fused-ring (bicyclic) bond motifs is 5. The van der Waals surface area contributed by atoms with Crippen molar-refractivity contribution >= 4 is 17.2 Å². The summed E-state index contributed by atoms with van der Waals surface area (Å²) < 4.78 is 0. The van der Waals surface area contributed by atoms with Gasteiger partial charge in [0.2, 0.25) is 0 Å². The van der Waals surface area contributed by atoms with E-state index in [1.165, 1.54) is 38.9 Å². The van der Waals surface area contributed by atoms with Gasteiger partial charge in [-0.15, -0.1) is 0 Å². The quantitative estimate of drug-likeness (QED) is 0.254. The number of hydrogen-bond donors (Lipinski definition) is 0. The predicted molar refractivity (Wildman–Crippen MR) is 154 cm³/mol. The van der Waals surface area contributed by atoms with Gasteiger partial charge in [-0.25, -0.2) is 4.98 Å². The third-order valence-electron chi connectivity index (χ3n) is 7.08. The molecule has 1 aliphatic heterocycles. The molecule has 0 fully saturated rings. The number of nitrogens with zero attached hydrogens (tertiary/aromatic N) is 2. The second-order valence-corrected chi connectivity index (χ2v) is 9.26. The summed E-state index contributed by atoms with van der Waals surface area (Å²) in [6.07, 6.45) is 1.91. The molecular formula is C35H24N2. The van der Waals surface area contributed by atoms with Crippen LogP contribution in [-0.2, 0) is 0 Å². The molecule has 0 radical (unpaired) electrons. The molecule has 0 amide bonds. The minimum Gasteiger partial charge on any atom is -0.294 e. The summed E-state index contributed by atoms with van der Waals surface area (Å²) in [5.41, 5.74) is 11.8. The van der Waals surface area contributed by atoms with Gasteiger partial charge in [0, 0.05) is 17.3 Å². The first kappa shape index (κ1) is 21.3. The average molecular weight is 473 g/mol. The zero-order chi connectivity index (χ0) is 24.6. The SMILES string of the molecule is c1ccc(-c2ccnc(N3c4ccccc4-c4ccc(-c5ccccc5)cc4-c4ccccc43)c2)cc1. The Morgan fingerprint density at radius 1 is 0.378 bits per heavy atom. The van der Waals surface area contributed by atoms with Crippen molar-refractivity contribution in [3.8, 4) is 44.5 Å². The number of para-hydroxylation sites is 2. The molecule has 0 bridgehead atoms. The molecule has 1 aromatic heterocycles. The molecule has 2 nitrogen and oxygen atoms in total. The lowest BCUT2D eigenvalue weighted by molar-refractivity contribution is 1.19. The highest BCUT2D eigenvalue weighted by molar-refractivity contribution is 6.03. The van der Waals surface area contributed by atoms with Gasteiger partial charge in [-0.3, -0.25) is 4.90 Å². The van der Waals surface area contributed by atoms with Gasteiger partial charge in [0.05, 0.1) is 11.4 Å². The van der Waals surface area contributed by atoms with Crippen molar-refractivity contribution in [2.24, 2.45) is 0 Å². The summed E-state index contributed by atoms with van der Waals surface area (Å²) in [4.78, 5) is 7.19. The Balaban J connectivity index is 1.48. The zero-order valence-corrected chi connectivity index (χ0v) is 20.3. The van der Waals surface area contributed by atoms with Crippen LogP contribution in [-0.4, -0.2) is 4.98 Å². The van der Waals surface area contributed by atoms with Crippen LogP contribution in [0.15, 0.2) is 146 Å².